The van der Waals surface area contributed by atoms with Crippen LogP contribution in [0.3, 0.4) is 0 Å². The minimum atomic E-state index is -0.848. The highest BCUT2D eigenvalue weighted by molar-refractivity contribution is 5.89. The van der Waals surface area contributed by atoms with Gasteiger partial charge < -0.3 is 19.9 Å². The van der Waals surface area contributed by atoms with Gasteiger partial charge in [0.05, 0.1) is 0 Å². The Kier molecular flexibility index (Phi) is 6.36. The molecule has 1 aliphatic rings. The Morgan fingerprint density at radius 2 is 2.00 bits per heavy atom. The molecular formula is C18H26FN3O3. The molecule has 25 heavy (non-hydrogen) atoms. The average molecular weight is 351 g/mol. The molecule has 1 aromatic carbocycles. The van der Waals surface area contributed by atoms with E-state index in [1.165, 1.54) is 17.0 Å². The van der Waals surface area contributed by atoms with Gasteiger partial charge in [-0.3, -0.25) is 9.59 Å². The molecule has 0 bridgehead atoms. The Balaban J connectivity index is 2.13. The van der Waals surface area contributed by atoms with Crippen LogP contribution in [0.1, 0.15) is 19.8 Å². The van der Waals surface area contributed by atoms with Crippen LogP contribution in [0.15, 0.2) is 24.3 Å². The molecular weight excluding hydrogens is 325 g/mol. The molecule has 0 aromatic heterocycles. The first kappa shape index (κ1) is 19.2. The molecule has 2 amide bonds. The van der Waals surface area contributed by atoms with Crippen LogP contribution in [0.25, 0.3) is 0 Å². The van der Waals surface area contributed by atoms with E-state index in [-0.39, 0.29) is 24.2 Å². The number of benzene rings is 1. The number of carbonyl (C=O) groups is 2. The number of halogens is 1. The number of nitrogens with zero attached hydrogens (tertiary/aromatic N) is 2. The monoisotopic (exact) mass is 351 g/mol. The lowest BCUT2D eigenvalue weighted by Gasteiger charge is -2.43. The van der Waals surface area contributed by atoms with E-state index in [2.05, 4.69) is 5.32 Å². The third-order valence-electron chi connectivity index (χ3n) is 4.42. The number of piperidine rings is 1. The van der Waals surface area contributed by atoms with E-state index < -0.39 is 5.54 Å². The van der Waals surface area contributed by atoms with Gasteiger partial charge in [-0.25, -0.2) is 4.39 Å². The van der Waals surface area contributed by atoms with Gasteiger partial charge in [0, 0.05) is 39.5 Å². The van der Waals surface area contributed by atoms with Crippen LogP contribution in [0.5, 0.6) is 0 Å². The standard InChI is InChI=1S/C18H26FN3O3/c1-4-25-13-16(23)22-10-8-18(9-11-22,17(24)21(2)3)20-15-7-5-6-14(19)12-15/h5-7,12,20H,4,8-11,13H2,1-3H3. The minimum absolute atomic E-state index is 0.0580. The van der Waals surface area contributed by atoms with Crippen LogP contribution in [-0.4, -0.2) is 67.6 Å². The molecule has 1 fully saturated rings. The maximum absolute atomic E-state index is 13.5. The molecule has 2 rings (SSSR count). The number of nitrogens with one attached hydrogen (secondary N) is 1. The lowest BCUT2D eigenvalue weighted by molar-refractivity contribution is -0.142. The topological polar surface area (TPSA) is 61.9 Å². The second kappa shape index (κ2) is 8.29. The second-order valence-electron chi connectivity index (χ2n) is 6.43. The van der Waals surface area contributed by atoms with Crippen LogP contribution in [0.4, 0.5) is 10.1 Å². The predicted molar refractivity (Wildman–Crippen MR) is 93.8 cm³/mol. The van der Waals surface area contributed by atoms with Gasteiger partial charge in [0.15, 0.2) is 0 Å². The molecule has 1 aliphatic heterocycles. The fraction of sp³-hybridized carbons (Fsp3) is 0.556. The smallest absolute Gasteiger partial charge is 0.248 e. The molecule has 0 saturated carbocycles. The van der Waals surface area contributed by atoms with Crippen LogP contribution in [0.2, 0.25) is 0 Å². The summed E-state index contributed by atoms with van der Waals surface area (Å²) in [4.78, 5) is 28.2. The first-order chi connectivity index (χ1) is 11.9. The van der Waals surface area contributed by atoms with Crippen molar-refractivity contribution in [3.63, 3.8) is 0 Å². The van der Waals surface area contributed by atoms with E-state index in [1.54, 1.807) is 31.1 Å². The highest BCUT2D eigenvalue weighted by Gasteiger charge is 2.43. The number of ether oxygens (including phenoxy) is 1. The molecule has 7 heteroatoms. The van der Waals surface area contributed by atoms with E-state index in [0.29, 0.717) is 38.2 Å². The zero-order valence-corrected chi connectivity index (χ0v) is 15.0. The summed E-state index contributed by atoms with van der Waals surface area (Å²) in [6.45, 7) is 3.29. The zero-order chi connectivity index (χ0) is 18.4. The summed E-state index contributed by atoms with van der Waals surface area (Å²) in [5.74, 6) is -0.506. The average Bonchev–Trinajstić information content (AvgIpc) is 2.59. The molecule has 0 radical (unpaired) electrons. The molecule has 0 atom stereocenters. The van der Waals surface area contributed by atoms with Gasteiger partial charge in [-0.2, -0.15) is 0 Å². The molecule has 1 heterocycles. The normalized spacial score (nSPS) is 16.4. The number of hydrogen-bond acceptors (Lipinski definition) is 4. The van der Waals surface area contributed by atoms with E-state index in [4.69, 9.17) is 4.74 Å². The van der Waals surface area contributed by atoms with Crippen molar-refractivity contribution < 1.29 is 18.7 Å². The van der Waals surface area contributed by atoms with Crippen LogP contribution in [-0.2, 0) is 14.3 Å². The first-order valence-corrected chi connectivity index (χ1v) is 8.49. The van der Waals surface area contributed by atoms with Crippen molar-refractivity contribution in [1.82, 2.24) is 9.80 Å². The van der Waals surface area contributed by atoms with E-state index in [9.17, 15) is 14.0 Å². The molecule has 1 aromatic rings. The van der Waals surface area contributed by atoms with Gasteiger partial charge in [0.25, 0.3) is 0 Å². The number of likely N-dealkylation sites (N-methyl/N-ethyl adjacent to an activating group) is 1. The molecule has 0 unspecified atom stereocenters. The van der Waals surface area contributed by atoms with Crippen LogP contribution < -0.4 is 5.32 Å². The number of likely N-dealkylation sites (tertiary alicyclic amines) is 1. The Morgan fingerprint density at radius 3 is 2.56 bits per heavy atom. The largest absolute Gasteiger partial charge is 0.372 e. The van der Waals surface area contributed by atoms with E-state index in [0.717, 1.165) is 0 Å². The summed E-state index contributed by atoms with van der Waals surface area (Å²) in [5, 5.41) is 3.22. The first-order valence-electron chi connectivity index (χ1n) is 8.49. The molecule has 138 valence electrons. The van der Waals surface area contributed by atoms with Crippen molar-refractivity contribution in [2.75, 3.05) is 45.7 Å². The molecule has 1 saturated heterocycles. The number of amides is 2. The number of rotatable bonds is 6. The zero-order valence-electron chi connectivity index (χ0n) is 15.0. The van der Waals surface area contributed by atoms with E-state index in [1.807, 2.05) is 6.92 Å². The second-order valence-corrected chi connectivity index (χ2v) is 6.43. The van der Waals surface area contributed by atoms with Gasteiger partial charge in [0.2, 0.25) is 11.8 Å². The van der Waals surface area contributed by atoms with Gasteiger partial charge in [0.1, 0.15) is 18.0 Å². The fourth-order valence-corrected chi connectivity index (χ4v) is 3.08. The Bertz CT molecular complexity index is 613. The lowest BCUT2D eigenvalue weighted by Crippen LogP contribution is -2.59. The predicted octanol–water partition coefficient (Wildman–Crippen LogP) is 1.72. The Labute approximate surface area is 147 Å². The van der Waals surface area contributed by atoms with Crippen molar-refractivity contribution in [2.24, 2.45) is 0 Å². The van der Waals surface area contributed by atoms with Crippen molar-refractivity contribution in [3.05, 3.63) is 30.1 Å². The molecule has 0 aliphatic carbocycles. The van der Waals surface area contributed by atoms with Crippen LogP contribution >= 0.6 is 0 Å². The molecule has 6 nitrogen and oxygen atoms in total. The SMILES string of the molecule is CCOCC(=O)N1CCC(Nc2cccc(F)c2)(C(=O)N(C)C)CC1. The molecule has 1 N–H and O–H groups in total. The van der Waals surface area contributed by atoms with Crippen molar-refractivity contribution in [2.45, 2.75) is 25.3 Å². The minimum Gasteiger partial charge on any atom is -0.372 e. The summed E-state index contributed by atoms with van der Waals surface area (Å²) in [5.41, 5.74) is -0.288. The number of hydrogen-bond donors (Lipinski definition) is 1. The van der Waals surface area contributed by atoms with Gasteiger partial charge in [-0.1, -0.05) is 6.07 Å². The lowest BCUT2D eigenvalue weighted by atomic mass is 9.85. The van der Waals surface area contributed by atoms with Gasteiger partial charge in [-0.05, 0) is 38.0 Å². The van der Waals surface area contributed by atoms with Crippen LogP contribution in [0, 0.1) is 5.82 Å². The molecule has 0 spiro atoms. The highest BCUT2D eigenvalue weighted by Crippen LogP contribution is 2.29. The van der Waals surface area contributed by atoms with Gasteiger partial charge >= 0.3 is 0 Å². The quantitative estimate of drug-likeness (QED) is 0.848. The summed E-state index contributed by atoms with van der Waals surface area (Å²) in [6.07, 6.45) is 0.913. The third-order valence-corrected chi connectivity index (χ3v) is 4.42. The summed E-state index contributed by atoms with van der Waals surface area (Å²) in [6, 6.07) is 6.07. The van der Waals surface area contributed by atoms with Crippen molar-refractivity contribution in [1.29, 1.82) is 0 Å². The van der Waals surface area contributed by atoms with Crippen molar-refractivity contribution >= 4 is 17.5 Å². The summed E-state index contributed by atoms with van der Waals surface area (Å²) >= 11 is 0. The van der Waals surface area contributed by atoms with Gasteiger partial charge in [-0.15, -0.1) is 0 Å². The maximum atomic E-state index is 13.5. The van der Waals surface area contributed by atoms with Crippen molar-refractivity contribution in [3.8, 4) is 0 Å². The number of anilines is 1. The summed E-state index contributed by atoms with van der Waals surface area (Å²) in [7, 11) is 3.40. The summed E-state index contributed by atoms with van der Waals surface area (Å²) < 4.78 is 18.7. The fourth-order valence-electron chi connectivity index (χ4n) is 3.08. The maximum Gasteiger partial charge on any atom is 0.248 e. The third kappa shape index (κ3) is 4.69. The Morgan fingerprint density at radius 1 is 1.32 bits per heavy atom. The van der Waals surface area contributed by atoms with E-state index >= 15 is 0 Å². The number of carbonyl (C=O) groups excluding carboxylic acids is 2. The Hall–Kier alpha value is -2.15. The highest BCUT2D eigenvalue weighted by atomic mass is 19.1.